The van der Waals surface area contributed by atoms with Gasteiger partial charge in [-0.25, -0.2) is 13.2 Å². The zero-order valence-electron chi connectivity index (χ0n) is 22.7. The number of benzene rings is 1. The number of nitrogens with one attached hydrogen (secondary N) is 1. The number of carbonyl (C=O) groups excluding carboxylic acids is 6. The first kappa shape index (κ1) is 29.8. The fraction of sp³-hybridized carbons (Fsp3) is 0.556. The molecule has 1 saturated heterocycles. The number of anilines is 1. The van der Waals surface area contributed by atoms with E-state index in [1.54, 1.807) is 0 Å². The Balaban J connectivity index is 1.49. The smallest absolute Gasteiger partial charge is 0.261 e. The maximum absolute atomic E-state index is 15.3. The lowest BCUT2D eigenvalue weighted by Gasteiger charge is -2.52. The molecule has 12 nitrogen and oxygen atoms in total. The Morgan fingerprint density at radius 3 is 2.43 bits per heavy atom. The van der Waals surface area contributed by atoms with Gasteiger partial charge in [0.1, 0.15) is 11.6 Å². The third-order valence-corrected chi connectivity index (χ3v) is 8.90. The standard InChI is InChI=1S/C27H29F3N4O8/c1-33(2)19-12-6-10-5-11-13(28)7-14(32-15(35)8-34-4-3-26(29,30)9-34)20(36)17(11)21(37)16(10)23(39)27(12,42)24(40)18(22(19)38)25(31)41/h7,10,12,16,18-19,36,42H,3-6,8-9H2,1-2H3,(H2,31,41)(H,32,35)/t10-,12-,16?,18?,19-,27-/m0/s1. The van der Waals surface area contributed by atoms with Gasteiger partial charge >= 0.3 is 0 Å². The molecular formula is C27H29F3N4O8. The minimum absolute atomic E-state index is 0.0614. The van der Waals surface area contributed by atoms with Crippen LogP contribution in [-0.2, 0) is 30.4 Å². The molecule has 2 saturated carbocycles. The summed E-state index contributed by atoms with van der Waals surface area (Å²) in [6.45, 7) is -1.21. The first-order valence-corrected chi connectivity index (χ1v) is 13.3. The Morgan fingerprint density at radius 1 is 1.19 bits per heavy atom. The van der Waals surface area contributed by atoms with E-state index < -0.39 is 119 Å². The van der Waals surface area contributed by atoms with Crippen molar-refractivity contribution in [2.24, 2.45) is 29.4 Å². The van der Waals surface area contributed by atoms with Gasteiger partial charge in [0.15, 0.2) is 34.7 Å². The monoisotopic (exact) mass is 594 g/mol. The van der Waals surface area contributed by atoms with Gasteiger partial charge in [-0.1, -0.05) is 0 Å². The minimum Gasteiger partial charge on any atom is -0.505 e. The molecule has 1 aliphatic heterocycles. The van der Waals surface area contributed by atoms with Crippen molar-refractivity contribution in [2.45, 2.75) is 36.8 Å². The van der Waals surface area contributed by atoms with E-state index >= 15 is 4.39 Å². The Morgan fingerprint density at radius 2 is 1.86 bits per heavy atom. The fourth-order valence-electron chi connectivity index (χ4n) is 7.06. The number of nitrogens with two attached hydrogens (primary N) is 1. The number of phenols is 1. The minimum atomic E-state index is -2.96. The summed E-state index contributed by atoms with van der Waals surface area (Å²) in [5.41, 5.74) is 0.911. The molecule has 1 aromatic carbocycles. The van der Waals surface area contributed by atoms with Gasteiger partial charge in [-0.15, -0.1) is 0 Å². The maximum Gasteiger partial charge on any atom is 0.261 e. The number of hydrogen-bond donors (Lipinski definition) is 4. The van der Waals surface area contributed by atoms with Crippen molar-refractivity contribution in [1.82, 2.24) is 9.80 Å². The van der Waals surface area contributed by atoms with Gasteiger partial charge in [0.2, 0.25) is 11.8 Å². The van der Waals surface area contributed by atoms with Gasteiger partial charge in [0.25, 0.3) is 5.92 Å². The van der Waals surface area contributed by atoms with Gasteiger partial charge in [-0.05, 0) is 32.9 Å². The van der Waals surface area contributed by atoms with Crippen LogP contribution in [0.4, 0.5) is 18.9 Å². The summed E-state index contributed by atoms with van der Waals surface area (Å²) in [5.74, 6) is -18.0. The van der Waals surface area contributed by atoms with E-state index in [1.807, 2.05) is 0 Å². The average molecular weight is 595 g/mol. The lowest BCUT2D eigenvalue weighted by molar-refractivity contribution is -0.181. The quantitative estimate of drug-likeness (QED) is 0.250. The van der Waals surface area contributed by atoms with Crippen LogP contribution in [0.1, 0.15) is 28.8 Å². The second-order valence-electron chi connectivity index (χ2n) is 11.8. The SMILES string of the molecule is CN(C)[C@@H]1C(=O)C(C(N)=O)C(=O)[C@@]2(O)C(=O)C3C(=O)c4c(O)c(NC(=O)CN5CCC(F)(F)C5)cc(F)c4C[C@H]3C[C@@H]12. The number of likely N-dealkylation sites (N-methyl/N-ethyl adjacent to an activating group) is 1. The van der Waals surface area contributed by atoms with E-state index in [-0.39, 0.29) is 24.9 Å². The van der Waals surface area contributed by atoms with Gasteiger partial charge in [0.05, 0.1) is 36.3 Å². The van der Waals surface area contributed by atoms with Crippen molar-refractivity contribution in [3.05, 3.63) is 23.0 Å². The largest absolute Gasteiger partial charge is 0.505 e. The van der Waals surface area contributed by atoms with Crippen LogP contribution in [0.25, 0.3) is 0 Å². The zero-order chi connectivity index (χ0) is 31.0. The van der Waals surface area contributed by atoms with Crippen molar-refractivity contribution in [1.29, 1.82) is 0 Å². The molecule has 5 N–H and O–H groups in total. The molecule has 3 aliphatic carbocycles. The van der Waals surface area contributed by atoms with Crippen molar-refractivity contribution in [3.8, 4) is 5.75 Å². The molecule has 2 unspecified atom stereocenters. The number of aliphatic hydroxyl groups is 1. The second-order valence-corrected chi connectivity index (χ2v) is 11.8. The molecule has 3 fully saturated rings. The summed E-state index contributed by atoms with van der Waals surface area (Å²) < 4.78 is 42.3. The Kier molecular flexibility index (Phi) is 7.06. The number of fused-ring (bicyclic) bond motifs is 3. The van der Waals surface area contributed by atoms with Crippen molar-refractivity contribution < 1.29 is 52.2 Å². The van der Waals surface area contributed by atoms with E-state index in [2.05, 4.69) is 5.32 Å². The third kappa shape index (κ3) is 4.41. The zero-order valence-corrected chi connectivity index (χ0v) is 22.7. The maximum atomic E-state index is 15.3. The first-order valence-electron chi connectivity index (χ1n) is 13.3. The lowest BCUT2D eigenvalue weighted by Crippen LogP contribution is -2.74. The molecule has 6 atom stereocenters. The van der Waals surface area contributed by atoms with Crippen LogP contribution >= 0.6 is 0 Å². The van der Waals surface area contributed by atoms with Crippen LogP contribution in [0.2, 0.25) is 0 Å². The van der Waals surface area contributed by atoms with Crippen LogP contribution in [0.3, 0.4) is 0 Å². The lowest BCUT2D eigenvalue weighted by atomic mass is 9.52. The highest BCUT2D eigenvalue weighted by molar-refractivity contribution is 6.32. The molecule has 226 valence electrons. The number of phenolic OH excluding ortho intramolecular Hbond substituents is 1. The van der Waals surface area contributed by atoms with Gasteiger partial charge in [-0.2, -0.15) is 0 Å². The van der Waals surface area contributed by atoms with Crippen LogP contribution < -0.4 is 11.1 Å². The van der Waals surface area contributed by atoms with Gasteiger partial charge < -0.3 is 21.3 Å². The normalized spacial score (nSPS) is 32.4. The van der Waals surface area contributed by atoms with E-state index in [0.717, 1.165) is 6.07 Å². The molecule has 0 radical (unpaired) electrons. The molecular weight excluding hydrogens is 565 g/mol. The average Bonchev–Trinajstić information content (AvgIpc) is 3.21. The molecule has 1 aromatic rings. The number of rotatable bonds is 5. The van der Waals surface area contributed by atoms with E-state index in [9.17, 15) is 47.8 Å². The van der Waals surface area contributed by atoms with Gasteiger partial charge in [-0.3, -0.25) is 38.6 Å². The summed E-state index contributed by atoms with van der Waals surface area (Å²) in [4.78, 5) is 80.9. The third-order valence-electron chi connectivity index (χ3n) is 8.90. The van der Waals surface area contributed by atoms with E-state index in [4.69, 9.17) is 5.73 Å². The summed E-state index contributed by atoms with van der Waals surface area (Å²) in [7, 11) is 2.88. The number of carbonyl (C=O) groups is 6. The highest BCUT2D eigenvalue weighted by Crippen LogP contribution is 2.51. The van der Waals surface area contributed by atoms with Crippen molar-refractivity contribution in [2.75, 3.05) is 39.0 Å². The molecule has 42 heavy (non-hydrogen) atoms. The number of Topliss-reactive ketones (excluding diaryl/α,β-unsaturated/α-hetero) is 4. The van der Waals surface area contributed by atoms with E-state index in [1.165, 1.54) is 23.9 Å². The molecule has 4 aliphatic rings. The predicted molar refractivity (Wildman–Crippen MR) is 136 cm³/mol. The van der Waals surface area contributed by atoms with Crippen LogP contribution in [0.15, 0.2) is 6.07 Å². The summed E-state index contributed by atoms with van der Waals surface area (Å²) in [5, 5.41) is 24.7. The van der Waals surface area contributed by atoms with Crippen LogP contribution in [-0.4, -0.2) is 106 Å². The molecule has 2 amide bonds. The van der Waals surface area contributed by atoms with Crippen molar-refractivity contribution in [3.63, 3.8) is 0 Å². The number of aromatic hydroxyl groups is 1. The van der Waals surface area contributed by atoms with Crippen LogP contribution in [0.5, 0.6) is 5.75 Å². The van der Waals surface area contributed by atoms with Crippen molar-refractivity contribution >= 4 is 40.6 Å². The molecule has 5 rings (SSSR count). The topological polar surface area (TPSA) is 187 Å². The second kappa shape index (κ2) is 9.95. The number of ketones is 4. The highest BCUT2D eigenvalue weighted by Gasteiger charge is 2.69. The number of halogens is 3. The fourth-order valence-corrected chi connectivity index (χ4v) is 7.06. The summed E-state index contributed by atoms with van der Waals surface area (Å²) in [6, 6.07) is -0.523. The highest BCUT2D eigenvalue weighted by atomic mass is 19.3. The first-order chi connectivity index (χ1) is 19.5. The molecule has 0 aromatic heterocycles. The number of nitrogens with zero attached hydrogens (tertiary/aromatic N) is 2. The van der Waals surface area contributed by atoms with Crippen LogP contribution in [0, 0.1) is 29.5 Å². The summed E-state index contributed by atoms with van der Waals surface area (Å²) >= 11 is 0. The molecule has 15 heteroatoms. The number of amides is 2. The number of hydrogen-bond acceptors (Lipinski definition) is 10. The van der Waals surface area contributed by atoms with Gasteiger partial charge in [0, 0.05) is 30.5 Å². The Labute approximate surface area is 237 Å². The van der Waals surface area contributed by atoms with E-state index in [0.29, 0.717) is 0 Å². The molecule has 0 bridgehead atoms. The molecule has 0 spiro atoms. The number of alkyl halides is 2. The Bertz CT molecular complexity index is 1450. The Hall–Kier alpha value is -3.69. The number of likely N-dealkylation sites (tertiary alicyclic amines) is 1. The molecule has 1 heterocycles. The predicted octanol–water partition coefficient (Wildman–Crippen LogP) is -0.714. The summed E-state index contributed by atoms with van der Waals surface area (Å²) in [6.07, 6.45) is -0.977. The number of primary amides is 1.